The van der Waals surface area contributed by atoms with Crippen molar-refractivity contribution < 1.29 is 12.8 Å². The molecule has 0 saturated heterocycles. The molecule has 0 aliphatic carbocycles. The molecule has 2 aromatic heterocycles. The lowest BCUT2D eigenvalue weighted by atomic mass is 10.2. The number of nitrogens with one attached hydrogen (secondary N) is 2. The summed E-state index contributed by atoms with van der Waals surface area (Å²) in [4.78, 5) is 7.20. The minimum Gasteiger partial charge on any atom is -0.423 e. The molecule has 0 bridgehead atoms. The van der Waals surface area contributed by atoms with Crippen LogP contribution < -0.4 is 4.72 Å². The number of anilines is 1. The number of hydrogen-bond donors (Lipinski definition) is 2. The van der Waals surface area contributed by atoms with Crippen LogP contribution in [0.4, 0.5) is 5.95 Å². The van der Waals surface area contributed by atoms with E-state index < -0.39 is 10.0 Å². The van der Waals surface area contributed by atoms with Gasteiger partial charge in [-0.15, -0.1) is 10.2 Å². The topological polar surface area (TPSA) is 114 Å². The van der Waals surface area contributed by atoms with Crippen molar-refractivity contribution in [3.63, 3.8) is 0 Å². The van der Waals surface area contributed by atoms with Gasteiger partial charge in [0.1, 0.15) is 0 Å². The van der Waals surface area contributed by atoms with Crippen molar-refractivity contribution in [3.8, 4) is 11.5 Å². The molecule has 0 atom stereocenters. The summed E-state index contributed by atoms with van der Waals surface area (Å²) >= 11 is 0. The Bertz CT molecular complexity index is 1070. The molecule has 0 aliphatic rings. The SMILES string of the molecule is O=S(=O)(Nc1nc2ccccc2[nH]1)c1cccc(-c2nnco2)c1. The van der Waals surface area contributed by atoms with Gasteiger partial charge in [-0.1, -0.05) is 18.2 Å². The molecule has 2 N–H and O–H groups in total. The van der Waals surface area contributed by atoms with Gasteiger partial charge in [-0.3, -0.25) is 0 Å². The maximum absolute atomic E-state index is 12.6. The van der Waals surface area contributed by atoms with E-state index in [0.717, 1.165) is 5.52 Å². The van der Waals surface area contributed by atoms with Crippen molar-refractivity contribution in [2.75, 3.05) is 4.72 Å². The molecule has 9 heteroatoms. The Balaban J connectivity index is 1.68. The van der Waals surface area contributed by atoms with Crippen molar-refractivity contribution in [1.29, 1.82) is 0 Å². The number of fused-ring (bicyclic) bond motifs is 1. The molecular weight excluding hydrogens is 330 g/mol. The summed E-state index contributed by atoms with van der Waals surface area (Å²) in [5.74, 6) is 0.398. The molecule has 0 radical (unpaired) electrons. The zero-order valence-electron chi connectivity index (χ0n) is 12.2. The summed E-state index contributed by atoms with van der Waals surface area (Å²) in [6.07, 6.45) is 1.18. The Morgan fingerprint density at radius 2 is 1.96 bits per heavy atom. The number of imidazole rings is 1. The van der Waals surface area contributed by atoms with Crippen LogP contribution in [0.25, 0.3) is 22.5 Å². The van der Waals surface area contributed by atoms with Crippen LogP contribution in [0.15, 0.2) is 64.2 Å². The zero-order chi connectivity index (χ0) is 16.6. The van der Waals surface area contributed by atoms with E-state index in [-0.39, 0.29) is 16.7 Å². The Hall–Kier alpha value is -3.20. The van der Waals surface area contributed by atoms with E-state index in [1.54, 1.807) is 18.2 Å². The van der Waals surface area contributed by atoms with Crippen molar-refractivity contribution in [3.05, 3.63) is 54.9 Å². The monoisotopic (exact) mass is 341 g/mol. The van der Waals surface area contributed by atoms with Crippen LogP contribution in [0.1, 0.15) is 0 Å². The van der Waals surface area contributed by atoms with Crippen LogP contribution in [0.3, 0.4) is 0 Å². The van der Waals surface area contributed by atoms with Crippen LogP contribution >= 0.6 is 0 Å². The Morgan fingerprint density at radius 3 is 2.75 bits per heavy atom. The minimum absolute atomic E-state index is 0.0682. The first kappa shape index (κ1) is 14.4. The molecule has 0 aliphatic heterocycles. The molecule has 0 spiro atoms. The quantitative estimate of drug-likeness (QED) is 0.589. The van der Waals surface area contributed by atoms with E-state index in [0.29, 0.717) is 11.1 Å². The maximum Gasteiger partial charge on any atom is 0.264 e. The molecule has 0 unspecified atom stereocenters. The third-order valence-corrected chi connectivity index (χ3v) is 4.71. The average Bonchev–Trinajstić information content (AvgIpc) is 3.23. The Labute approximate surface area is 136 Å². The molecule has 24 heavy (non-hydrogen) atoms. The highest BCUT2D eigenvalue weighted by molar-refractivity contribution is 7.92. The molecule has 0 fully saturated rings. The second-order valence-electron chi connectivity index (χ2n) is 4.98. The zero-order valence-corrected chi connectivity index (χ0v) is 13.0. The number of benzene rings is 2. The molecule has 0 saturated carbocycles. The highest BCUT2D eigenvalue weighted by Gasteiger charge is 2.18. The van der Waals surface area contributed by atoms with Gasteiger partial charge in [-0.25, -0.2) is 18.1 Å². The second-order valence-corrected chi connectivity index (χ2v) is 6.66. The van der Waals surface area contributed by atoms with Gasteiger partial charge in [0.25, 0.3) is 10.0 Å². The fourth-order valence-corrected chi connectivity index (χ4v) is 3.29. The molecule has 8 nitrogen and oxygen atoms in total. The van der Waals surface area contributed by atoms with E-state index in [9.17, 15) is 8.42 Å². The smallest absolute Gasteiger partial charge is 0.264 e. The van der Waals surface area contributed by atoms with E-state index >= 15 is 0 Å². The van der Waals surface area contributed by atoms with Crippen LogP contribution in [0, 0.1) is 0 Å². The minimum atomic E-state index is -3.81. The number of sulfonamides is 1. The average molecular weight is 341 g/mol. The summed E-state index contributed by atoms with van der Waals surface area (Å²) in [6, 6.07) is 13.5. The highest BCUT2D eigenvalue weighted by atomic mass is 32.2. The van der Waals surface area contributed by atoms with E-state index in [1.165, 1.54) is 18.5 Å². The van der Waals surface area contributed by atoms with Crippen LogP contribution in [0.2, 0.25) is 0 Å². The summed E-state index contributed by atoms with van der Waals surface area (Å²) in [7, 11) is -3.81. The predicted molar refractivity (Wildman–Crippen MR) is 86.6 cm³/mol. The maximum atomic E-state index is 12.6. The molecule has 120 valence electrons. The summed E-state index contributed by atoms with van der Waals surface area (Å²) in [6.45, 7) is 0. The number of nitrogens with zero attached hydrogens (tertiary/aromatic N) is 3. The van der Waals surface area contributed by atoms with Gasteiger partial charge in [0.2, 0.25) is 18.2 Å². The molecule has 4 rings (SSSR count). The Morgan fingerprint density at radius 1 is 1.08 bits per heavy atom. The first-order chi connectivity index (χ1) is 11.6. The third kappa shape index (κ3) is 2.61. The number of para-hydroxylation sites is 2. The lowest BCUT2D eigenvalue weighted by molar-refractivity contribution is 0.568. The van der Waals surface area contributed by atoms with Gasteiger partial charge in [0, 0.05) is 5.56 Å². The molecular formula is C15H11N5O3S. The van der Waals surface area contributed by atoms with Gasteiger partial charge in [0.05, 0.1) is 15.9 Å². The van der Waals surface area contributed by atoms with Gasteiger partial charge in [-0.2, -0.15) is 0 Å². The van der Waals surface area contributed by atoms with E-state index in [1.807, 2.05) is 18.2 Å². The van der Waals surface area contributed by atoms with Crippen LogP contribution in [0.5, 0.6) is 0 Å². The number of aromatic amines is 1. The first-order valence-electron chi connectivity index (χ1n) is 6.96. The van der Waals surface area contributed by atoms with Crippen LogP contribution in [-0.2, 0) is 10.0 Å². The number of H-pyrrole nitrogens is 1. The summed E-state index contributed by atoms with van der Waals surface area (Å²) in [5.41, 5.74) is 1.93. The van der Waals surface area contributed by atoms with E-state index in [2.05, 4.69) is 24.9 Å². The van der Waals surface area contributed by atoms with Gasteiger partial charge < -0.3 is 9.40 Å². The molecule has 4 aromatic rings. The molecule has 2 heterocycles. The number of aromatic nitrogens is 4. The molecule has 0 amide bonds. The standard InChI is InChI=1S/C15H11N5O3S/c21-24(22,20-15-17-12-6-1-2-7-13(12)18-15)11-5-3-4-10(8-11)14-19-16-9-23-14/h1-9H,(H2,17,18,20). The van der Waals surface area contributed by atoms with Crippen molar-refractivity contribution >= 4 is 27.0 Å². The summed E-state index contributed by atoms with van der Waals surface area (Å²) < 4.78 is 32.6. The van der Waals surface area contributed by atoms with Gasteiger partial charge >= 0.3 is 0 Å². The molecule has 2 aromatic carbocycles. The third-order valence-electron chi connectivity index (χ3n) is 3.37. The van der Waals surface area contributed by atoms with Crippen molar-refractivity contribution in [2.24, 2.45) is 0 Å². The number of hydrogen-bond acceptors (Lipinski definition) is 6. The highest BCUT2D eigenvalue weighted by Crippen LogP contribution is 2.22. The number of rotatable bonds is 4. The van der Waals surface area contributed by atoms with Gasteiger partial charge in [0.15, 0.2) is 0 Å². The van der Waals surface area contributed by atoms with Crippen LogP contribution in [-0.4, -0.2) is 28.6 Å². The van der Waals surface area contributed by atoms with Crippen molar-refractivity contribution in [1.82, 2.24) is 20.2 Å². The largest absolute Gasteiger partial charge is 0.423 e. The lowest BCUT2D eigenvalue weighted by Crippen LogP contribution is -2.14. The first-order valence-corrected chi connectivity index (χ1v) is 8.44. The predicted octanol–water partition coefficient (Wildman–Crippen LogP) is 2.41. The second kappa shape index (κ2) is 5.46. The lowest BCUT2D eigenvalue weighted by Gasteiger charge is -2.06. The summed E-state index contributed by atoms with van der Waals surface area (Å²) in [5, 5.41) is 7.36. The fourth-order valence-electron chi connectivity index (χ4n) is 2.28. The fraction of sp³-hybridized carbons (Fsp3) is 0. The Kier molecular flexibility index (Phi) is 3.28. The van der Waals surface area contributed by atoms with Crippen molar-refractivity contribution in [2.45, 2.75) is 4.90 Å². The normalized spacial score (nSPS) is 11.7. The van der Waals surface area contributed by atoms with Gasteiger partial charge in [-0.05, 0) is 30.3 Å². The van der Waals surface area contributed by atoms with E-state index in [4.69, 9.17) is 4.42 Å².